The molecule has 24 heavy (non-hydrogen) atoms. The molecule has 0 atom stereocenters. The molecule has 128 valence electrons. The van der Waals surface area contributed by atoms with Gasteiger partial charge in [0.05, 0.1) is 6.61 Å². The summed E-state index contributed by atoms with van der Waals surface area (Å²) >= 11 is 0. The predicted molar refractivity (Wildman–Crippen MR) is 103 cm³/mol. The molecule has 0 unspecified atom stereocenters. The molecule has 0 aliphatic rings. The van der Waals surface area contributed by atoms with Gasteiger partial charge in [0.25, 0.3) is 8.32 Å². The third-order valence-electron chi connectivity index (χ3n) is 4.49. The molecule has 0 heterocycles. The maximum absolute atomic E-state index is 12.3. The summed E-state index contributed by atoms with van der Waals surface area (Å²) in [6.45, 7) is 10.7. The number of Topliss-reactive ketones (excluding diaryl/α,β-unsaturated/α-hetero) is 1. The van der Waals surface area contributed by atoms with Crippen molar-refractivity contribution in [2.75, 3.05) is 6.61 Å². The van der Waals surface area contributed by atoms with Crippen LogP contribution in [0.2, 0.25) is 5.04 Å². The first-order valence-electron chi connectivity index (χ1n) is 8.57. The number of benzene rings is 2. The Morgan fingerprint density at radius 1 is 0.917 bits per heavy atom. The molecular formula is C21H28O2Si. The zero-order chi connectivity index (χ0) is 17.8. The lowest BCUT2D eigenvalue weighted by Crippen LogP contribution is -2.67. The lowest BCUT2D eigenvalue weighted by atomic mass is 10.1. The fourth-order valence-corrected chi connectivity index (χ4v) is 7.62. The van der Waals surface area contributed by atoms with Crippen molar-refractivity contribution in [2.45, 2.75) is 39.7 Å². The van der Waals surface area contributed by atoms with Gasteiger partial charge >= 0.3 is 0 Å². The quantitative estimate of drug-likeness (QED) is 0.748. The molecule has 3 heteroatoms. The number of ketones is 1. The van der Waals surface area contributed by atoms with Crippen LogP contribution in [0, 0.1) is 5.92 Å². The average molecular weight is 341 g/mol. The highest BCUT2D eigenvalue weighted by molar-refractivity contribution is 6.99. The summed E-state index contributed by atoms with van der Waals surface area (Å²) < 4.78 is 6.58. The van der Waals surface area contributed by atoms with Crippen molar-refractivity contribution in [2.24, 2.45) is 5.92 Å². The standard InChI is InChI=1S/C21H28O2Si/c1-17(2)20(22)16-23-24(21(3,4)5,18-12-8-6-9-13-18)19-14-10-7-11-15-19/h6-15,17H,16H2,1-5H3. The third-order valence-corrected chi connectivity index (χ3v) is 9.47. The van der Waals surface area contributed by atoms with Crippen molar-refractivity contribution < 1.29 is 9.22 Å². The van der Waals surface area contributed by atoms with Crippen LogP contribution in [0.25, 0.3) is 0 Å². The molecule has 0 fully saturated rings. The molecule has 0 aliphatic heterocycles. The number of carbonyl (C=O) groups is 1. The Kier molecular flexibility index (Phi) is 5.78. The minimum Gasteiger partial charge on any atom is -0.400 e. The molecule has 2 nitrogen and oxygen atoms in total. The number of hydrogen-bond acceptors (Lipinski definition) is 2. The topological polar surface area (TPSA) is 26.3 Å². The van der Waals surface area contributed by atoms with E-state index < -0.39 is 8.32 Å². The van der Waals surface area contributed by atoms with Crippen LogP contribution in [0.4, 0.5) is 0 Å². The molecule has 0 radical (unpaired) electrons. The average Bonchev–Trinajstić information content (AvgIpc) is 2.56. The van der Waals surface area contributed by atoms with Gasteiger partial charge < -0.3 is 4.43 Å². The van der Waals surface area contributed by atoms with Gasteiger partial charge in [-0.2, -0.15) is 0 Å². The maximum atomic E-state index is 12.3. The van der Waals surface area contributed by atoms with E-state index in [1.165, 1.54) is 10.4 Å². The van der Waals surface area contributed by atoms with Gasteiger partial charge in [0.1, 0.15) is 0 Å². The van der Waals surface area contributed by atoms with Crippen LogP contribution < -0.4 is 10.4 Å². The molecule has 0 aromatic heterocycles. The number of carbonyl (C=O) groups excluding carboxylic acids is 1. The van der Waals surface area contributed by atoms with E-state index in [-0.39, 0.29) is 23.3 Å². The van der Waals surface area contributed by atoms with Crippen LogP contribution in [-0.2, 0) is 9.22 Å². The van der Waals surface area contributed by atoms with Gasteiger partial charge in [-0.05, 0) is 15.4 Å². The van der Waals surface area contributed by atoms with E-state index >= 15 is 0 Å². The fraction of sp³-hybridized carbons (Fsp3) is 0.381. The van der Waals surface area contributed by atoms with Crippen molar-refractivity contribution in [1.82, 2.24) is 0 Å². The SMILES string of the molecule is CC(C)C(=O)CO[Si](c1ccccc1)(c1ccccc1)C(C)(C)C. The van der Waals surface area contributed by atoms with Gasteiger partial charge in [0.2, 0.25) is 0 Å². The second kappa shape index (κ2) is 7.45. The smallest absolute Gasteiger partial charge is 0.261 e. The fourth-order valence-electron chi connectivity index (χ4n) is 3.11. The monoisotopic (exact) mass is 340 g/mol. The molecular weight excluding hydrogens is 312 g/mol. The van der Waals surface area contributed by atoms with E-state index in [1.54, 1.807) is 0 Å². The predicted octanol–water partition coefficient (Wildman–Crippen LogP) is 3.79. The molecule has 0 saturated carbocycles. The first-order chi connectivity index (χ1) is 11.3. The zero-order valence-electron chi connectivity index (χ0n) is 15.4. The highest BCUT2D eigenvalue weighted by Gasteiger charge is 2.50. The lowest BCUT2D eigenvalue weighted by molar-refractivity contribution is -0.124. The second-order valence-electron chi connectivity index (χ2n) is 7.57. The Hall–Kier alpha value is -1.71. The van der Waals surface area contributed by atoms with E-state index in [4.69, 9.17) is 4.43 Å². The summed E-state index contributed by atoms with van der Waals surface area (Å²) in [6, 6.07) is 20.8. The summed E-state index contributed by atoms with van der Waals surface area (Å²) in [5.41, 5.74) is 0. The summed E-state index contributed by atoms with van der Waals surface area (Å²) in [5, 5.41) is 2.33. The van der Waals surface area contributed by atoms with Gasteiger partial charge in [-0.1, -0.05) is 95.3 Å². The molecule has 0 aliphatic carbocycles. The third kappa shape index (κ3) is 3.68. The zero-order valence-corrected chi connectivity index (χ0v) is 16.4. The molecule has 0 amide bonds. The van der Waals surface area contributed by atoms with E-state index in [9.17, 15) is 4.79 Å². The maximum Gasteiger partial charge on any atom is 0.261 e. The van der Waals surface area contributed by atoms with Gasteiger partial charge in [-0.3, -0.25) is 4.79 Å². The van der Waals surface area contributed by atoms with Crippen LogP contribution >= 0.6 is 0 Å². The van der Waals surface area contributed by atoms with Crippen molar-refractivity contribution in [3.8, 4) is 0 Å². The Balaban J connectivity index is 2.59. The molecule has 0 saturated heterocycles. The van der Waals surface area contributed by atoms with Crippen molar-refractivity contribution in [3.05, 3.63) is 60.7 Å². The largest absolute Gasteiger partial charge is 0.400 e. The van der Waals surface area contributed by atoms with E-state index in [0.29, 0.717) is 0 Å². The molecule has 0 bridgehead atoms. The molecule has 2 aromatic carbocycles. The molecule has 2 aromatic rings. The Bertz CT molecular complexity index is 618. The van der Waals surface area contributed by atoms with Crippen LogP contribution in [0.3, 0.4) is 0 Å². The first-order valence-corrected chi connectivity index (χ1v) is 10.5. The molecule has 2 rings (SSSR count). The van der Waals surface area contributed by atoms with Crippen LogP contribution in [0.5, 0.6) is 0 Å². The number of hydrogen-bond donors (Lipinski definition) is 0. The summed E-state index contributed by atoms with van der Waals surface area (Å²) in [6.07, 6.45) is 0. The normalized spacial score (nSPS) is 12.4. The Morgan fingerprint density at radius 3 is 1.67 bits per heavy atom. The van der Waals surface area contributed by atoms with Crippen LogP contribution in [0.15, 0.2) is 60.7 Å². The van der Waals surface area contributed by atoms with E-state index in [2.05, 4.69) is 69.3 Å². The van der Waals surface area contributed by atoms with E-state index in [0.717, 1.165) is 0 Å². The van der Waals surface area contributed by atoms with Gasteiger partial charge in [-0.25, -0.2) is 0 Å². The Labute approximate surface area is 147 Å². The molecule has 0 N–H and O–H groups in total. The summed E-state index contributed by atoms with van der Waals surface area (Å²) in [4.78, 5) is 12.3. The minimum absolute atomic E-state index is 0.0109. The van der Waals surface area contributed by atoms with Gasteiger partial charge in [0, 0.05) is 5.92 Å². The number of rotatable bonds is 6. The van der Waals surface area contributed by atoms with Crippen molar-refractivity contribution in [1.29, 1.82) is 0 Å². The summed E-state index contributed by atoms with van der Waals surface area (Å²) in [7, 11) is -2.58. The van der Waals surface area contributed by atoms with Crippen molar-refractivity contribution in [3.63, 3.8) is 0 Å². The highest BCUT2D eigenvalue weighted by Crippen LogP contribution is 2.36. The van der Waals surface area contributed by atoms with Crippen LogP contribution in [0.1, 0.15) is 34.6 Å². The molecule has 0 spiro atoms. The van der Waals surface area contributed by atoms with Gasteiger partial charge in [-0.15, -0.1) is 0 Å². The lowest BCUT2D eigenvalue weighted by Gasteiger charge is -2.43. The second-order valence-corrected chi connectivity index (χ2v) is 11.9. The Morgan fingerprint density at radius 2 is 1.33 bits per heavy atom. The van der Waals surface area contributed by atoms with Crippen LogP contribution in [-0.4, -0.2) is 20.7 Å². The van der Waals surface area contributed by atoms with Gasteiger partial charge in [0.15, 0.2) is 5.78 Å². The van der Waals surface area contributed by atoms with E-state index in [1.807, 2.05) is 26.0 Å². The highest BCUT2D eigenvalue weighted by atomic mass is 28.4. The van der Waals surface area contributed by atoms with Crippen molar-refractivity contribution >= 4 is 24.5 Å². The summed E-state index contributed by atoms with van der Waals surface area (Å²) in [5.74, 6) is 0.145. The first kappa shape index (κ1) is 18.6. The minimum atomic E-state index is -2.58.